The third-order valence-electron chi connectivity index (χ3n) is 4.73. The Morgan fingerprint density at radius 1 is 1.06 bits per heavy atom. The predicted octanol–water partition coefficient (Wildman–Crippen LogP) is -5.40. The van der Waals surface area contributed by atoms with Crippen molar-refractivity contribution in [3.8, 4) is 0 Å². The Balaban J connectivity index is 3.22. The molecule has 0 radical (unpaired) electrons. The zero-order valence-electron chi connectivity index (χ0n) is 17.9. The van der Waals surface area contributed by atoms with Gasteiger partial charge in [-0.3, -0.25) is 4.79 Å². The summed E-state index contributed by atoms with van der Waals surface area (Å²) in [7, 11) is 0. The maximum absolute atomic E-state index is 12.6. The maximum atomic E-state index is 12.6. The fourth-order valence-corrected chi connectivity index (χ4v) is 2.66. The zero-order valence-corrected chi connectivity index (χ0v) is 17.9. The van der Waals surface area contributed by atoms with Gasteiger partial charge in [-0.05, 0) is 13.3 Å². The van der Waals surface area contributed by atoms with Crippen molar-refractivity contribution in [2.75, 3.05) is 6.61 Å². The summed E-state index contributed by atoms with van der Waals surface area (Å²) in [6.45, 7) is 0.685. The van der Waals surface area contributed by atoms with Crippen molar-refractivity contribution in [1.82, 2.24) is 0 Å². The summed E-state index contributed by atoms with van der Waals surface area (Å²) < 4.78 is 4.96. The molecule has 1 aliphatic rings. The van der Waals surface area contributed by atoms with Crippen LogP contribution >= 0.6 is 0 Å². The molecule has 1 fully saturated rings. The van der Waals surface area contributed by atoms with Gasteiger partial charge in [-0.25, -0.2) is 38.7 Å². The van der Waals surface area contributed by atoms with Gasteiger partial charge in [-0.2, -0.15) is 0 Å². The van der Waals surface area contributed by atoms with Crippen LogP contribution in [-0.4, -0.2) is 109 Å². The van der Waals surface area contributed by atoms with Crippen molar-refractivity contribution >= 4 is 29.7 Å². The van der Waals surface area contributed by atoms with Gasteiger partial charge < -0.3 is 41.1 Å². The third kappa shape index (κ3) is 6.21. The number of aliphatic hydroxyl groups excluding tert-OH is 5. The lowest BCUT2D eigenvalue weighted by Crippen LogP contribution is -2.78. The molecule has 194 valence electrons. The number of ether oxygens (including phenoxy) is 1. The van der Waals surface area contributed by atoms with E-state index in [1.807, 2.05) is 0 Å². The average molecular weight is 499 g/mol. The number of carbonyl (C=O) groups excluding carboxylic acids is 5. The minimum absolute atomic E-state index is 0.752. The molecule has 1 rings (SSSR count). The van der Waals surface area contributed by atoms with Crippen molar-refractivity contribution in [2.24, 2.45) is 5.73 Å². The Hall–Kier alpha value is -2.77. The van der Waals surface area contributed by atoms with Crippen LogP contribution < -0.4 is 5.73 Å². The van der Waals surface area contributed by atoms with Crippen molar-refractivity contribution in [3.05, 3.63) is 0 Å². The minimum atomic E-state index is -3.41. The lowest BCUT2D eigenvalue weighted by atomic mass is 9.77. The molecular formula is C17H25NO16. The van der Waals surface area contributed by atoms with Crippen molar-refractivity contribution in [1.29, 1.82) is 0 Å². The molecule has 17 nitrogen and oxygen atoms in total. The molecule has 0 spiro atoms. The molecule has 8 N–H and O–H groups in total. The number of hydrogen-bond acceptors (Lipinski definition) is 17. The van der Waals surface area contributed by atoms with Crippen LogP contribution in [0.15, 0.2) is 0 Å². The van der Waals surface area contributed by atoms with Gasteiger partial charge in [0.2, 0.25) is 11.6 Å². The number of Topliss-reactive ketones (excluding diaryl/α,β-unsaturated/α-hetero) is 1. The lowest BCUT2D eigenvalue weighted by Gasteiger charge is -2.51. The summed E-state index contributed by atoms with van der Waals surface area (Å²) in [5.41, 5.74) is 2.74. The van der Waals surface area contributed by atoms with Crippen molar-refractivity contribution < 1.29 is 78.9 Å². The van der Waals surface area contributed by atoms with Gasteiger partial charge in [-0.15, -0.1) is 0 Å². The highest BCUT2D eigenvalue weighted by Gasteiger charge is 2.66. The third-order valence-corrected chi connectivity index (χ3v) is 4.73. The molecule has 0 amide bonds. The number of hydrogen-bond donors (Lipinski definition) is 7. The van der Waals surface area contributed by atoms with E-state index in [1.165, 1.54) is 0 Å². The summed E-state index contributed by atoms with van der Waals surface area (Å²) in [6, 6.07) is 0. The molecule has 0 saturated carbocycles. The van der Waals surface area contributed by atoms with Crippen molar-refractivity contribution in [3.63, 3.8) is 0 Å². The number of nitrogens with two attached hydrogens (primary N) is 1. The van der Waals surface area contributed by atoms with E-state index in [4.69, 9.17) is 15.6 Å². The van der Waals surface area contributed by atoms with Crippen LogP contribution in [0.5, 0.6) is 0 Å². The Bertz CT molecular complexity index is 798. The normalized spacial score (nSPS) is 29.2. The van der Waals surface area contributed by atoms with Gasteiger partial charge in [0.15, 0.2) is 11.6 Å². The molecule has 2 unspecified atom stereocenters. The molecule has 0 aliphatic carbocycles. The molecule has 1 saturated heterocycles. The molecule has 34 heavy (non-hydrogen) atoms. The molecule has 0 aromatic heterocycles. The molecule has 0 aromatic carbocycles. The number of aliphatic hydroxyl groups is 6. The van der Waals surface area contributed by atoms with Gasteiger partial charge in [0.05, 0.1) is 13.0 Å². The molecular weight excluding hydrogens is 474 g/mol. The van der Waals surface area contributed by atoms with Crippen LogP contribution in [0, 0.1) is 0 Å². The van der Waals surface area contributed by atoms with E-state index < -0.39 is 91.0 Å². The summed E-state index contributed by atoms with van der Waals surface area (Å²) in [6.07, 6.45) is -12.4. The van der Waals surface area contributed by atoms with Gasteiger partial charge in [0.1, 0.15) is 24.4 Å². The van der Waals surface area contributed by atoms with Gasteiger partial charge in [-0.1, -0.05) is 0 Å². The number of ketones is 1. The SMILES string of the molecule is CC(=O)C(=O)OOC(=O)[C@@](N)(CCC(=O)OOC(=O)C(C)O)C1(O)O[C@H](CO)[C@@H](O)[C@H](O)[C@H]1O. The highest BCUT2D eigenvalue weighted by molar-refractivity contribution is 6.32. The maximum Gasteiger partial charge on any atom is 0.421 e. The molecule has 1 aliphatic heterocycles. The molecule has 0 aromatic rings. The average Bonchev–Trinajstić information content (AvgIpc) is 2.79. The van der Waals surface area contributed by atoms with Crippen LogP contribution in [0.4, 0.5) is 0 Å². The number of carbonyl (C=O) groups is 5. The molecule has 0 bridgehead atoms. The highest BCUT2D eigenvalue weighted by Crippen LogP contribution is 2.38. The van der Waals surface area contributed by atoms with E-state index in [2.05, 4.69) is 19.6 Å². The molecule has 1 heterocycles. The van der Waals surface area contributed by atoms with Crippen LogP contribution in [0.3, 0.4) is 0 Å². The lowest BCUT2D eigenvalue weighted by molar-refractivity contribution is -0.373. The van der Waals surface area contributed by atoms with E-state index in [9.17, 15) is 49.5 Å². The molecule has 17 heteroatoms. The second kappa shape index (κ2) is 11.6. The number of rotatable bonds is 8. The summed E-state index contributed by atoms with van der Waals surface area (Å²) >= 11 is 0. The Kier molecular flexibility index (Phi) is 9.97. The van der Waals surface area contributed by atoms with Crippen molar-refractivity contribution in [2.45, 2.75) is 68.5 Å². The van der Waals surface area contributed by atoms with E-state index >= 15 is 0 Å². The Labute approximate surface area is 190 Å². The first kappa shape index (κ1) is 29.3. The van der Waals surface area contributed by atoms with E-state index in [0.29, 0.717) is 0 Å². The smallest absolute Gasteiger partial charge is 0.394 e. The van der Waals surface area contributed by atoms with Crippen LogP contribution in [0.1, 0.15) is 26.7 Å². The first-order chi connectivity index (χ1) is 15.6. The van der Waals surface area contributed by atoms with E-state index in [1.54, 1.807) is 0 Å². The van der Waals surface area contributed by atoms with Crippen LogP contribution in [-0.2, 0) is 48.3 Å². The largest absolute Gasteiger partial charge is 0.421 e. The quantitative estimate of drug-likeness (QED) is 0.0931. The second-order valence-corrected chi connectivity index (χ2v) is 7.26. The highest BCUT2D eigenvalue weighted by atomic mass is 17.2. The van der Waals surface area contributed by atoms with Gasteiger partial charge in [0, 0.05) is 6.92 Å². The minimum Gasteiger partial charge on any atom is -0.394 e. The fourth-order valence-electron chi connectivity index (χ4n) is 2.66. The summed E-state index contributed by atoms with van der Waals surface area (Å²) in [5.74, 6) is -11.0. The second-order valence-electron chi connectivity index (χ2n) is 7.26. The van der Waals surface area contributed by atoms with Crippen LogP contribution in [0.25, 0.3) is 0 Å². The summed E-state index contributed by atoms with van der Waals surface area (Å²) in [5, 5.41) is 59.4. The van der Waals surface area contributed by atoms with Gasteiger partial charge in [0.25, 0.3) is 0 Å². The topological polar surface area (TPSA) is 279 Å². The first-order valence-corrected chi connectivity index (χ1v) is 9.49. The standard InChI is InChI=1S/C17H25NO16/c1-6(20)13(26)32-31-9(22)3-4-16(18,15(28)34-33-14(27)7(2)21)17(29)12(25)11(24)10(23)8(5-19)30-17/h6,8,10-12,19-20,23-25,29H,3-5,18H2,1-2H3/t6?,8-,10-,11+,12-,16+,17?/m1/s1. The fraction of sp³-hybridized carbons (Fsp3) is 0.706. The first-order valence-electron chi connectivity index (χ1n) is 9.49. The predicted molar refractivity (Wildman–Crippen MR) is 97.8 cm³/mol. The zero-order chi connectivity index (χ0) is 26.4. The van der Waals surface area contributed by atoms with Crippen LogP contribution in [0.2, 0.25) is 0 Å². The monoisotopic (exact) mass is 499 g/mol. The Morgan fingerprint density at radius 3 is 2.15 bits per heavy atom. The summed E-state index contributed by atoms with van der Waals surface area (Å²) in [4.78, 5) is 74.1. The van der Waals surface area contributed by atoms with E-state index in [-0.39, 0.29) is 0 Å². The van der Waals surface area contributed by atoms with E-state index in [0.717, 1.165) is 13.8 Å². The molecule has 7 atom stereocenters. The Morgan fingerprint density at radius 2 is 1.65 bits per heavy atom. The van der Waals surface area contributed by atoms with Gasteiger partial charge >= 0.3 is 23.9 Å².